The zero-order chi connectivity index (χ0) is 13.1. The minimum absolute atomic E-state index is 0.0812. The second-order valence-corrected chi connectivity index (χ2v) is 5.23. The summed E-state index contributed by atoms with van der Waals surface area (Å²) in [5, 5.41) is 0. The lowest BCUT2D eigenvalue weighted by molar-refractivity contribution is 0.434. The summed E-state index contributed by atoms with van der Waals surface area (Å²) in [6, 6.07) is 7.59. The molecule has 1 aromatic heterocycles. The van der Waals surface area contributed by atoms with E-state index in [2.05, 4.69) is 27.6 Å². The predicted octanol–water partition coefficient (Wildman–Crippen LogP) is 3.22. The quantitative estimate of drug-likeness (QED) is 0.794. The molecule has 2 aromatic rings. The fourth-order valence-corrected chi connectivity index (χ4v) is 2.01. The summed E-state index contributed by atoms with van der Waals surface area (Å²) in [6.45, 7) is 3.88. The van der Waals surface area contributed by atoms with Crippen molar-refractivity contribution < 1.29 is 4.74 Å². The Morgan fingerprint density at radius 1 is 1.33 bits per heavy atom. The number of hydrogen-bond acceptors (Lipinski definition) is 3. The van der Waals surface area contributed by atoms with Gasteiger partial charge in [0.05, 0.1) is 3.57 Å². The number of para-hydroxylation sites is 1. The average molecular weight is 356 g/mol. The largest absolute Gasteiger partial charge is 0.434 e. The second kappa shape index (κ2) is 5.51. The Bertz CT molecular complexity index is 608. The van der Waals surface area contributed by atoms with Gasteiger partial charge in [0, 0.05) is 18.4 Å². The van der Waals surface area contributed by atoms with Gasteiger partial charge in [0.25, 0.3) is 5.88 Å². The first-order valence-electron chi connectivity index (χ1n) is 5.59. The van der Waals surface area contributed by atoms with Crippen molar-refractivity contribution in [2.75, 3.05) is 0 Å². The van der Waals surface area contributed by atoms with E-state index in [-0.39, 0.29) is 17.5 Å². The van der Waals surface area contributed by atoms with Crippen LogP contribution in [-0.2, 0) is 0 Å². The lowest BCUT2D eigenvalue weighted by Gasteiger charge is -2.11. The van der Waals surface area contributed by atoms with Crippen molar-refractivity contribution in [2.45, 2.75) is 19.9 Å². The SMILES string of the molecule is CC(C)n1ccnc(Oc2ccccc2I)c1=O. The van der Waals surface area contributed by atoms with Gasteiger partial charge in [0.1, 0.15) is 5.75 Å². The number of halogens is 1. The van der Waals surface area contributed by atoms with Gasteiger partial charge < -0.3 is 9.30 Å². The molecule has 94 valence electrons. The van der Waals surface area contributed by atoms with Crippen molar-refractivity contribution in [3.8, 4) is 11.6 Å². The maximum atomic E-state index is 12.1. The highest BCUT2D eigenvalue weighted by Crippen LogP contribution is 2.23. The Labute approximate surface area is 119 Å². The molecule has 0 bridgehead atoms. The number of benzene rings is 1. The number of hydrogen-bond donors (Lipinski definition) is 0. The first-order valence-corrected chi connectivity index (χ1v) is 6.67. The molecule has 0 fully saturated rings. The highest BCUT2D eigenvalue weighted by atomic mass is 127. The van der Waals surface area contributed by atoms with Gasteiger partial charge in [-0.2, -0.15) is 0 Å². The van der Waals surface area contributed by atoms with Crippen molar-refractivity contribution >= 4 is 22.6 Å². The van der Waals surface area contributed by atoms with Gasteiger partial charge in [-0.3, -0.25) is 4.79 Å². The van der Waals surface area contributed by atoms with E-state index in [4.69, 9.17) is 4.74 Å². The average Bonchev–Trinajstić information content (AvgIpc) is 2.34. The molecule has 5 heteroatoms. The van der Waals surface area contributed by atoms with Gasteiger partial charge in [0.15, 0.2) is 0 Å². The Morgan fingerprint density at radius 3 is 2.72 bits per heavy atom. The fourth-order valence-electron chi connectivity index (χ4n) is 1.51. The lowest BCUT2D eigenvalue weighted by Crippen LogP contribution is -2.23. The molecule has 0 spiro atoms. The highest BCUT2D eigenvalue weighted by molar-refractivity contribution is 14.1. The van der Waals surface area contributed by atoms with E-state index in [0.717, 1.165) is 3.57 Å². The Kier molecular flexibility index (Phi) is 4.00. The van der Waals surface area contributed by atoms with Crippen molar-refractivity contribution in [1.29, 1.82) is 0 Å². The van der Waals surface area contributed by atoms with Gasteiger partial charge in [-0.1, -0.05) is 12.1 Å². The summed E-state index contributed by atoms with van der Waals surface area (Å²) in [4.78, 5) is 16.1. The summed E-state index contributed by atoms with van der Waals surface area (Å²) in [5.41, 5.74) is -0.216. The third-order valence-corrected chi connectivity index (χ3v) is 3.33. The van der Waals surface area contributed by atoms with E-state index < -0.39 is 0 Å². The second-order valence-electron chi connectivity index (χ2n) is 4.07. The Hall–Kier alpha value is -1.37. The van der Waals surface area contributed by atoms with Gasteiger partial charge in [-0.15, -0.1) is 0 Å². The molecular formula is C13H13IN2O2. The van der Waals surface area contributed by atoms with E-state index in [0.29, 0.717) is 5.75 Å². The molecule has 0 radical (unpaired) electrons. The van der Waals surface area contributed by atoms with E-state index in [1.54, 1.807) is 17.0 Å². The maximum Gasteiger partial charge on any atom is 0.313 e. The van der Waals surface area contributed by atoms with Gasteiger partial charge in [0.2, 0.25) is 0 Å². The molecule has 18 heavy (non-hydrogen) atoms. The molecule has 0 aliphatic rings. The van der Waals surface area contributed by atoms with Crippen LogP contribution in [-0.4, -0.2) is 9.55 Å². The first-order chi connectivity index (χ1) is 8.59. The van der Waals surface area contributed by atoms with Gasteiger partial charge in [-0.25, -0.2) is 4.98 Å². The van der Waals surface area contributed by atoms with Crippen LogP contribution in [0.3, 0.4) is 0 Å². The maximum absolute atomic E-state index is 12.1. The van der Waals surface area contributed by atoms with Crippen LogP contribution < -0.4 is 10.3 Å². The topological polar surface area (TPSA) is 44.1 Å². The van der Waals surface area contributed by atoms with E-state index in [9.17, 15) is 4.79 Å². The van der Waals surface area contributed by atoms with Crippen molar-refractivity contribution in [3.05, 3.63) is 50.6 Å². The summed E-state index contributed by atoms with van der Waals surface area (Å²) in [6.07, 6.45) is 3.24. The van der Waals surface area contributed by atoms with Crippen LogP contribution in [0.2, 0.25) is 0 Å². The van der Waals surface area contributed by atoms with Gasteiger partial charge in [-0.05, 0) is 48.6 Å². The molecule has 0 amide bonds. The first kappa shape index (κ1) is 13.1. The van der Waals surface area contributed by atoms with Gasteiger partial charge >= 0.3 is 5.56 Å². The molecule has 0 saturated heterocycles. The molecule has 0 unspecified atom stereocenters. The molecule has 2 rings (SSSR count). The Morgan fingerprint density at radius 2 is 2.06 bits per heavy atom. The predicted molar refractivity (Wildman–Crippen MR) is 78.1 cm³/mol. The molecule has 1 heterocycles. The van der Waals surface area contributed by atoms with E-state index in [1.807, 2.05) is 38.1 Å². The summed E-state index contributed by atoms with van der Waals surface area (Å²) >= 11 is 2.16. The smallest absolute Gasteiger partial charge is 0.313 e. The standard InChI is InChI=1S/C13H13IN2O2/c1-9(2)16-8-7-15-12(13(16)17)18-11-6-4-3-5-10(11)14/h3-9H,1-2H3. The van der Waals surface area contributed by atoms with E-state index in [1.165, 1.54) is 0 Å². The minimum Gasteiger partial charge on any atom is -0.434 e. The van der Waals surface area contributed by atoms with Crippen molar-refractivity contribution in [2.24, 2.45) is 0 Å². The van der Waals surface area contributed by atoms with Crippen molar-refractivity contribution in [1.82, 2.24) is 9.55 Å². The third-order valence-electron chi connectivity index (χ3n) is 2.44. The minimum atomic E-state index is -0.216. The normalized spacial score (nSPS) is 10.7. The molecule has 0 saturated carbocycles. The molecule has 0 aliphatic carbocycles. The monoisotopic (exact) mass is 356 g/mol. The Balaban J connectivity index is 2.39. The molecule has 0 N–H and O–H groups in total. The molecule has 0 atom stereocenters. The highest BCUT2D eigenvalue weighted by Gasteiger charge is 2.10. The molecule has 0 aliphatic heterocycles. The molecule has 4 nitrogen and oxygen atoms in total. The third kappa shape index (κ3) is 2.72. The summed E-state index contributed by atoms with van der Waals surface area (Å²) in [7, 11) is 0. The number of nitrogens with zero attached hydrogens (tertiary/aromatic N) is 2. The summed E-state index contributed by atoms with van der Waals surface area (Å²) < 4.78 is 8.12. The number of rotatable bonds is 3. The number of ether oxygens (including phenoxy) is 1. The molecule has 1 aromatic carbocycles. The number of aromatic nitrogens is 2. The van der Waals surface area contributed by atoms with Crippen LogP contribution in [0.15, 0.2) is 41.5 Å². The van der Waals surface area contributed by atoms with Crippen LogP contribution in [0.5, 0.6) is 11.6 Å². The van der Waals surface area contributed by atoms with Crippen LogP contribution in [0, 0.1) is 3.57 Å². The zero-order valence-corrected chi connectivity index (χ0v) is 12.3. The summed E-state index contributed by atoms with van der Waals surface area (Å²) in [5.74, 6) is 0.750. The van der Waals surface area contributed by atoms with Crippen molar-refractivity contribution in [3.63, 3.8) is 0 Å². The van der Waals surface area contributed by atoms with Crippen LogP contribution in [0.25, 0.3) is 0 Å². The van der Waals surface area contributed by atoms with Crippen LogP contribution in [0.4, 0.5) is 0 Å². The van der Waals surface area contributed by atoms with E-state index >= 15 is 0 Å². The zero-order valence-electron chi connectivity index (χ0n) is 10.1. The van der Waals surface area contributed by atoms with Crippen LogP contribution in [0.1, 0.15) is 19.9 Å². The van der Waals surface area contributed by atoms with Crippen LogP contribution >= 0.6 is 22.6 Å². The fraction of sp³-hybridized carbons (Fsp3) is 0.231. The molecular weight excluding hydrogens is 343 g/mol. The lowest BCUT2D eigenvalue weighted by atomic mass is 10.3.